The lowest BCUT2D eigenvalue weighted by Crippen LogP contribution is -2.62. The summed E-state index contributed by atoms with van der Waals surface area (Å²) >= 11 is 0. The summed E-state index contributed by atoms with van der Waals surface area (Å²) in [5.74, 6) is -0.228. The van der Waals surface area contributed by atoms with Crippen molar-refractivity contribution in [3.8, 4) is 0 Å². The highest BCUT2D eigenvalue weighted by molar-refractivity contribution is 6.82. The number of benzene rings is 19. The smallest absolute Gasteiger partial charge is 0.302 e. The Balaban J connectivity index is 1.14. The highest BCUT2D eigenvalue weighted by Crippen LogP contribution is 2.91. The van der Waals surface area contributed by atoms with Gasteiger partial charge in [0.15, 0.2) is 0 Å². The first-order valence-electron chi connectivity index (χ1n) is 27.4. The van der Waals surface area contributed by atoms with Gasteiger partial charge in [0.05, 0.1) is 16.9 Å². The molecule has 2 heterocycles. The van der Waals surface area contributed by atoms with Crippen molar-refractivity contribution in [2.75, 3.05) is 6.61 Å². The molecule has 2 bridgehead atoms. The van der Waals surface area contributed by atoms with Gasteiger partial charge in [0.25, 0.3) is 0 Å². The van der Waals surface area contributed by atoms with Gasteiger partial charge in [-0.3, -0.25) is 4.79 Å². The summed E-state index contributed by atoms with van der Waals surface area (Å²) in [6.07, 6.45) is -0.273. The molecule has 29 aromatic carbocycles. The van der Waals surface area contributed by atoms with Crippen molar-refractivity contribution < 1.29 is 14.3 Å². The van der Waals surface area contributed by atoms with Crippen LogP contribution in [-0.2, 0) is 30.7 Å². The van der Waals surface area contributed by atoms with E-state index in [0.717, 1.165) is 0 Å². The fourth-order valence-electron chi connectivity index (χ4n) is 26.9. The van der Waals surface area contributed by atoms with Crippen LogP contribution in [0.25, 0.3) is 291 Å². The van der Waals surface area contributed by atoms with E-state index in [2.05, 4.69) is 24.3 Å². The first-order valence-corrected chi connectivity index (χ1v) is 27.4. The molecule has 2 spiro atoms. The molecular formula is C71H10O3. The van der Waals surface area contributed by atoms with E-state index in [1.165, 1.54) is 11.1 Å². The molecule has 3 heteroatoms. The lowest BCUT2D eigenvalue weighted by molar-refractivity contribution is -0.154. The summed E-state index contributed by atoms with van der Waals surface area (Å²) in [6, 6.07) is 9.36. The van der Waals surface area contributed by atoms with Crippen LogP contribution >= 0.6 is 0 Å². The summed E-state index contributed by atoms with van der Waals surface area (Å²) < 4.78 is 15.3. The van der Waals surface area contributed by atoms with Gasteiger partial charge in [0.1, 0.15) is 12.2 Å². The maximum atomic E-state index is 13.9. The molecular weight excluding hydrogens is 901 g/mol. The molecule has 0 amide bonds. The minimum absolute atomic E-state index is 0.189. The van der Waals surface area contributed by atoms with Gasteiger partial charge < -0.3 is 9.47 Å². The maximum Gasteiger partial charge on any atom is 0.302 e. The number of hydrogen-bond acceptors (Lipinski definition) is 3. The van der Waals surface area contributed by atoms with Crippen molar-refractivity contribution in [2.45, 2.75) is 29.5 Å². The molecule has 36 rings (SSSR count). The lowest BCUT2D eigenvalue weighted by atomic mass is 9.40. The van der Waals surface area contributed by atoms with Crippen LogP contribution in [0.5, 0.6) is 0 Å². The molecule has 0 saturated carbocycles. The van der Waals surface area contributed by atoms with Gasteiger partial charge in [0, 0.05) is 6.92 Å². The van der Waals surface area contributed by atoms with E-state index in [1.807, 2.05) is 0 Å². The van der Waals surface area contributed by atoms with Crippen molar-refractivity contribution in [3.63, 3.8) is 0 Å². The predicted molar refractivity (Wildman–Crippen MR) is 302 cm³/mol. The van der Waals surface area contributed by atoms with Crippen molar-refractivity contribution in [3.05, 3.63) is 57.6 Å². The molecule has 2 atom stereocenters. The Bertz CT molecular complexity index is 7480. The molecule has 0 aromatic heterocycles. The Kier molecular flexibility index (Phi) is 2.35. The van der Waals surface area contributed by atoms with Crippen LogP contribution in [0.3, 0.4) is 0 Å². The van der Waals surface area contributed by atoms with E-state index >= 15 is 0 Å². The molecule has 0 unspecified atom stereocenters. The fourth-order valence-corrected chi connectivity index (χ4v) is 26.9. The summed E-state index contributed by atoms with van der Waals surface area (Å²) in [6.45, 7) is 1.82. The van der Waals surface area contributed by atoms with Crippen molar-refractivity contribution >= 4 is 297 Å². The topological polar surface area (TPSA) is 35.5 Å². The van der Waals surface area contributed by atoms with Gasteiger partial charge in [0.2, 0.25) is 0 Å². The van der Waals surface area contributed by atoms with Crippen LogP contribution in [0.2, 0.25) is 0 Å². The predicted octanol–water partition coefficient (Wildman–Crippen LogP) is 17.8. The number of esters is 1. The molecule has 0 N–H and O–H groups in total. The third kappa shape index (κ3) is 1.44. The van der Waals surface area contributed by atoms with Gasteiger partial charge in [-0.1, -0.05) is 24.3 Å². The highest BCUT2D eigenvalue weighted by atomic mass is 16.6. The van der Waals surface area contributed by atoms with E-state index in [1.54, 1.807) is 320 Å². The Morgan fingerprint density at radius 1 is 0.351 bits per heavy atom. The standard InChI is InChI=1S/C71H10O3/c1-7(72)73-6-69-9-5-3-2-4-8(9)68(74-69)70-64-56-48-38-28-20-12-10-11-14-18-16(12)24-32-26(18)36-30-22(14)23-15(11)19-17-13(10)21(20)29-35-25(17)33-27(19)37-31(23)41-40(30)52-46(36)54-44(32)50(42(48)34(24)28)58(64)60(54)66-62(52)63-53(41)47(37)55-45(33)51-43(35)49(39(29)38)57(56)65(70)59(51)61(55)67(63)71(66,69)70/h2-5,68H,6H2,1H3/t68-,69+,70?,71?/m0/s1. The average molecular weight is 911 g/mol. The highest BCUT2D eigenvalue weighted by Gasteiger charge is 2.86. The van der Waals surface area contributed by atoms with Crippen LogP contribution in [0.4, 0.5) is 0 Å². The Morgan fingerprint density at radius 2 is 0.581 bits per heavy atom. The fraction of sp³-hybridized carbons (Fsp3) is 0.0845. The molecule has 312 valence electrons. The molecule has 7 aliphatic rings. The first kappa shape index (κ1) is 27.8. The lowest BCUT2D eigenvalue weighted by Gasteiger charge is -2.58. The number of hydrogen-bond donors (Lipinski definition) is 0. The Morgan fingerprint density at radius 3 is 0.838 bits per heavy atom. The average Bonchev–Trinajstić information content (AvgIpc) is 4.41. The molecule has 1 saturated heterocycles. The second kappa shape index (κ2) is 6.25. The number of carbonyl (C=O) groups excluding carboxylic acids is 1. The molecule has 2 aliphatic heterocycles. The molecule has 5 aliphatic carbocycles. The zero-order valence-corrected chi connectivity index (χ0v) is 37.8. The van der Waals surface area contributed by atoms with E-state index < -0.39 is 16.4 Å². The number of rotatable bonds is 2. The van der Waals surface area contributed by atoms with Crippen LogP contribution in [0.1, 0.15) is 46.4 Å². The van der Waals surface area contributed by atoms with Crippen molar-refractivity contribution in [1.29, 1.82) is 0 Å². The van der Waals surface area contributed by atoms with Crippen molar-refractivity contribution in [2.24, 2.45) is 0 Å². The Labute approximate surface area is 402 Å². The van der Waals surface area contributed by atoms with E-state index in [4.69, 9.17) is 9.47 Å². The largest absolute Gasteiger partial charge is 0.462 e. The number of ether oxygens (including phenoxy) is 2. The third-order valence-corrected chi connectivity index (χ3v) is 26.9. The van der Waals surface area contributed by atoms with Gasteiger partial charge in [-0.2, -0.15) is 0 Å². The van der Waals surface area contributed by atoms with Gasteiger partial charge in [-0.25, -0.2) is 0 Å². The summed E-state index contributed by atoms with van der Waals surface area (Å²) in [5, 5.41) is 85.8. The van der Waals surface area contributed by atoms with E-state index in [9.17, 15) is 4.79 Å². The van der Waals surface area contributed by atoms with Gasteiger partial charge in [-0.15, -0.1) is 0 Å². The molecule has 1 fully saturated rings. The van der Waals surface area contributed by atoms with E-state index in [-0.39, 0.29) is 18.7 Å². The zero-order valence-electron chi connectivity index (χ0n) is 37.8. The monoisotopic (exact) mass is 910 g/mol. The number of carbonyl (C=O) groups is 1. The van der Waals surface area contributed by atoms with Crippen LogP contribution < -0.4 is 0 Å². The van der Waals surface area contributed by atoms with Crippen LogP contribution in [0, 0.1) is 0 Å². The summed E-state index contributed by atoms with van der Waals surface area (Å²) in [5.41, 5.74) is 6.55. The first-order chi connectivity index (χ1) is 36.7. The second-order valence-electron chi connectivity index (χ2n) is 27.0. The quantitative estimate of drug-likeness (QED) is 0.128. The normalized spacial score (nSPS) is 25.2. The maximum absolute atomic E-state index is 13.9. The van der Waals surface area contributed by atoms with Gasteiger partial charge >= 0.3 is 5.97 Å². The second-order valence-corrected chi connectivity index (χ2v) is 27.0. The van der Waals surface area contributed by atoms with E-state index in [0.29, 0.717) is 0 Å². The van der Waals surface area contributed by atoms with Gasteiger partial charge in [-0.05, 0) is 324 Å². The molecule has 29 aromatic rings. The summed E-state index contributed by atoms with van der Waals surface area (Å²) in [4.78, 5) is 13.9. The van der Waals surface area contributed by atoms with Crippen LogP contribution in [-0.4, -0.2) is 12.6 Å². The SMILES string of the molecule is CC(=O)OC[C@@]12O[C@@H](c3ccccc31)C13c4c5c6c7c8c9c(c%10c%11c1c1c4c4c%12c5c5c6c6c8c8c%13c9c9c%10c%10c%11c%11c1c1c4c4c%12c%12c5c5c6c8c6c8c%13c9c9c%10c%10c%11c1c1c4c4c%12c5c6c5c8c9c%10c1c45)C732. The molecule has 0 radical (unpaired) electrons. The minimum atomic E-state index is -0.983. The Hall–Kier alpha value is -8.89. The van der Waals surface area contributed by atoms with Crippen LogP contribution in [0.15, 0.2) is 24.3 Å². The zero-order chi connectivity index (χ0) is 44.2. The summed E-state index contributed by atoms with van der Waals surface area (Å²) in [7, 11) is 0. The van der Waals surface area contributed by atoms with Crippen molar-refractivity contribution in [1.82, 2.24) is 0 Å². The molecule has 3 nitrogen and oxygen atoms in total. The minimum Gasteiger partial charge on any atom is -0.462 e. The molecule has 74 heavy (non-hydrogen) atoms. The third-order valence-electron chi connectivity index (χ3n) is 26.9.